The van der Waals surface area contributed by atoms with Gasteiger partial charge in [-0.05, 0) is 54.8 Å². The van der Waals surface area contributed by atoms with Crippen molar-refractivity contribution in [1.82, 2.24) is 10.3 Å². The van der Waals surface area contributed by atoms with E-state index in [-0.39, 0.29) is 24.4 Å². The van der Waals surface area contributed by atoms with Gasteiger partial charge in [-0.25, -0.2) is 4.98 Å². The third-order valence-electron chi connectivity index (χ3n) is 6.14. The standard InChI is InChI=1S/C20H23N3O3.C10H13NO.C2H2/c1-13(24)10-19-22-16-9-8-15(11-17(16)23(19)2)20(26)21-12-18(25)14-6-4-3-5-7-14;1-7(2)9-5-8(3)6-11-10(9)12-4;1-2/h3-9,11,18-19,22,24-25H,1,10,12H2,2H3,(H,21,26);5-6H,1H2,2-4H3;1-2H. The van der Waals surface area contributed by atoms with Crippen LogP contribution in [-0.2, 0) is 0 Å². The molecule has 3 aromatic rings. The minimum absolute atomic E-state index is 0.0966. The molecular weight excluding hydrogens is 504 g/mol. The van der Waals surface area contributed by atoms with Crippen molar-refractivity contribution in [3.63, 3.8) is 0 Å². The van der Waals surface area contributed by atoms with Gasteiger partial charge in [0.2, 0.25) is 5.88 Å². The molecule has 4 rings (SSSR count). The third kappa shape index (κ3) is 8.38. The van der Waals surface area contributed by atoms with Gasteiger partial charge in [0, 0.05) is 37.3 Å². The lowest BCUT2D eigenvalue weighted by Crippen LogP contribution is -2.32. The molecule has 1 aliphatic rings. The molecule has 2 atom stereocenters. The topological polar surface area (TPSA) is 107 Å². The Morgan fingerprint density at radius 1 is 1.20 bits per heavy atom. The van der Waals surface area contributed by atoms with E-state index in [1.54, 1.807) is 25.4 Å². The number of hydrogen-bond donors (Lipinski definition) is 4. The van der Waals surface area contributed by atoms with Crippen molar-refractivity contribution in [3.8, 4) is 18.7 Å². The van der Waals surface area contributed by atoms with E-state index in [2.05, 4.69) is 41.6 Å². The number of aromatic nitrogens is 1. The maximum Gasteiger partial charge on any atom is 0.251 e. The number of carbonyl (C=O) groups is 1. The Morgan fingerprint density at radius 2 is 1.88 bits per heavy atom. The Kier molecular flexibility index (Phi) is 11.8. The average Bonchev–Trinajstić information content (AvgIpc) is 3.26. The monoisotopic (exact) mass is 542 g/mol. The fourth-order valence-corrected chi connectivity index (χ4v) is 4.05. The summed E-state index contributed by atoms with van der Waals surface area (Å²) in [5, 5.41) is 25.6. The molecule has 0 saturated carbocycles. The highest BCUT2D eigenvalue weighted by Gasteiger charge is 2.27. The predicted octanol–water partition coefficient (Wildman–Crippen LogP) is 5.48. The lowest BCUT2D eigenvalue weighted by atomic mass is 10.1. The molecule has 0 fully saturated rings. The second-order valence-corrected chi connectivity index (χ2v) is 9.26. The predicted molar refractivity (Wildman–Crippen MR) is 163 cm³/mol. The van der Waals surface area contributed by atoms with E-state index in [0.29, 0.717) is 17.9 Å². The van der Waals surface area contributed by atoms with Crippen molar-refractivity contribution in [2.45, 2.75) is 32.5 Å². The van der Waals surface area contributed by atoms with Gasteiger partial charge in [-0.15, -0.1) is 12.8 Å². The molecule has 0 bridgehead atoms. The number of amides is 1. The number of ether oxygens (including phenoxy) is 1. The summed E-state index contributed by atoms with van der Waals surface area (Å²) in [7, 11) is 3.51. The van der Waals surface area contributed by atoms with Gasteiger partial charge < -0.3 is 30.5 Å². The zero-order chi connectivity index (χ0) is 29.8. The van der Waals surface area contributed by atoms with E-state index in [1.165, 1.54) is 0 Å². The van der Waals surface area contributed by atoms with Crippen LogP contribution in [0.2, 0.25) is 0 Å². The van der Waals surface area contributed by atoms with Crippen molar-refractivity contribution in [3.05, 3.63) is 102 Å². The second kappa shape index (κ2) is 15.0. The van der Waals surface area contributed by atoms with E-state index < -0.39 is 6.10 Å². The fraction of sp³-hybridized carbons (Fsp3) is 0.250. The molecule has 1 aliphatic heterocycles. The van der Waals surface area contributed by atoms with Crippen LogP contribution in [-0.4, -0.2) is 48.0 Å². The number of methoxy groups -OCH3 is 1. The van der Waals surface area contributed by atoms with Gasteiger partial charge in [0.25, 0.3) is 5.91 Å². The van der Waals surface area contributed by atoms with Crippen molar-refractivity contribution >= 4 is 22.9 Å². The van der Waals surface area contributed by atoms with Crippen LogP contribution in [0.3, 0.4) is 0 Å². The largest absolute Gasteiger partial charge is 0.513 e. The summed E-state index contributed by atoms with van der Waals surface area (Å²) in [6.45, 7) is 11.5. The Hall–Kier alpha value is -4.74. The van der Waals surface area contributed by atoms with E-state index in [9.17, 15) is 15.0 Å². The molecule has 40 heavy (non-hydrogen) atoms. The molecule has 0 aliphatic carbocycles. The molecule has 8 nitrogen and oxygen atoms in total. The Balaban J connectivity index is 0.000000336. The van der Waals surface area contributed by atoms with E-state index in [4.69, 9.17) is 4.74 Å². The zero-order valence-corrected chi connectivity index (χ0v) is 23.5. The lowest BCUT2D eigenvalue weighted by Gasteiger charge is -2.21. The van der Waals surface area contributed by atoms with Crippen molar-refractivity contribution < 1.29 is 19.7 Å². The van der Waals surface area contributed by atoms with Crippen LogP contribution in [0.25, 0.3) is 5.57 Å². The Bertz CT molecular complexity index is 1340. The van der Waals surface area contributed by atoms with Crippen LogP contribution in [0.15, 0.2) is 79.7 Å². The number of aliphatic hydroxyl groups is 2. The number of hydrogen-bond acceptors (Lipinski definition) is 7. The number of aryl methyl sites for hydroxylation is 1. The quantitative estimate of drug-likeness (QED) is 0.221. The lowest BCUT2D eigenvalue weighted by molar-refractivity contribution is 0.0916. The van der Waals surface area contributed by atoms with Crippen LogP contribution in [0.5, 0.6) is 5.88 Å². The molecule has 0 saturated heterocycles. The van der Waals surface area contributed by atoms with Gasteiger partial charge in [0.05, 0.1) is 30.3 Å². The van der Waals surface area contributed by atoms with E-state index >= 15 is 0 Å². The smallest absolute Gasteiger partial charge is 0.251 e. The van der Waals surface area contributed by atoms with Crippen molar-refractivity contribution in [2.24, 2.45) is 0 Å². The third-order valence-corrected chi connectivity index (χ3v) is 6.14. The molecular formula is C32H38N4O4. The summed E-state index contributed by atoms with van der Waals surface area (Å²) >= 11 is 0. The molecule has 1 amide bonds. The molecule has 2 unspecified atom stereocenters. The van der Waals surface area contributed by atoms with Crippen LogP contribution in [0, 0.1) is 19.8 Å². The molecule has 1 aromatic heterocycles. The highest BCUT2D eigenvalue weighted by Crippen LogP contribution is 2.35. The van der Waals surface area contributed by atoms with Gasteiger partial charge in [-0.2, -0.15) is 0 Å². The molecule has 0 radical (unpaired) electrons. The number of allylic oxidation sites excluding steroid dienone is 1. The maximum atomic E-state index is 12.4. The first-order chi connectivity index (χ1) is 19.1. The first kappa shape index (κ1) is 31.5. The van der Waals surface area contributed by atoms with Crippen molar-refractivity contribution in [2.75, 3.05) is 30.9 Å². The van der Waals surface area contributed by atoms with Crippen LogP contribution >= 0.6 is 0 Å². The molecule has 2 heterocycles. The summed E-state index contributed by atoms with van der Waals surface area (Å²) in [6, 6.07) is 16.6. The van der Waals surface area contributed by atoms with E-state index in [1.807, 2.05) is 68.3 Å². The Labute approximate surface area is 237 Å². The first-order valence-corrected chi connectivity index (χ1v) is 12.6. The maximum absolute atomic E-state index is 12.4. The summed E-state index contributed by atoms with van der Waals surface area (Å²) in [5.41, 5.74) is 6.14. The summed E-state index contributed by atoms with van der Waals surface area (Å²) < 4.78 is 5.09. The first-order valence-electron chi connectivity index (χ1n) is 12.6. The summed E-state index contributed by atoms with van der Waals surface area (Å²) in [6.07, 6.45) is 9.33. The number of benzene rings is 2. The highest BCUT2D eigenvalue weighted by molar-refractivity contribution is 5.97. The van der Waals surface area contributed by atoms with Crippen LogP contribution in [0.1, 0.15) is 46.5 Å². The molecule has 8 heteroatoms. The van der Waals surface area contributed by atoms with Crippen molar-refractivity contribution in [1.29, 1.82) is 0 Å². The average molecular weight is 543 g/mol. The number of terminal acetylenes is 1. The second-order valence-electron chi connectivity index (χ2n) is 9.26. The minimum atomic E-state index is -0.751. The normalized spacial score (nSPS) is 13.7. The van der Waals surface area contributed by atoms with Crippen LogP contribution in [0.4, 0.5) is 11.4 Å². The van der Waals surface area contributed by atoms with Gasteiger partial charge in [0.15, 0.2) is 0 Å². The molecule has 2 aromatic carbocycles. The van der Waals surface area contributed by atoms with Gasteiger partial charge >= 0.3 is 0 Å². The summed E-state index contributed by atoms with van der Waals surface area (Å²) in [4.78, 5) is 18.5. The van der Waals surface area contributed by atoms with Gasteiger partial charge in [-0.1, -0.05) is 43.5 Å². The summed E-state index contributed by atoms with van der Waals surface area (Å²) in [5.74, 6) is 0.509. The number of anilines is 2. The number of nitrogens with one attached hydrogen (secondary N) is 2. The highest BCUT2D eigenvalue weighted by atomic mass is 16.5. The number of fused-ring (bicyclic) bond motifs is 1. The fourth-order valence-electron chi connectivity index (χ4n) is 4.05. The number of rotatable bonds is 8. The molecule has 4 N–H and O–H groups in total. The SMILES string of the molecule is C#C.C=C(C)c1cc(C)cnc1OC.C=C(O)CC1Nc2ccc(C(=O)NCC(O)c3ccccc3)cc2N1C. The molecule has 0 spiro atoms. The molecule has 210 valence electrons. The number of aliphatic hydroxyl groups excluding tert-OH is 2. The zero-order valence-electron chi connectivity index (χ0n) is 23.5. The number of pyridine rings is 1. The minimum Gasteiger partial charge on any atom is -0.513 e. The van der Waals surface area contributed by atoms with E-state index in [0.717, 1.165) is 33.6 Å². The number of nitrogens with zero attached hydrogens (tertiary/aromatic N) is 2. The Morgan fingerprint density at radius 3 is 2.48 bits per heavy atom. The van der Waals surface area contributed by atoms with Gasteiger partial charge in [0.1, 0.15) is 6.17 Å². The van der Waals surface area contributed by atoms with Gasteiger partial charge in [-0.3, -0.25) is 4.79 Å². The van der Waals surface area contributed by atoms with Crippen LogP contribution < -0.4 is 20.3 Å². The number of carbonyl (C=O) groups excluding carboxylic acids is 1.